The SMILES string of the molecule is Cc1cccc2cc(C(=O)N3CCCC3)c(=O)oc12. The summed E-state index contributed by atoms with van der Waals surface area (Å²) < 4.78 is 5.30. The molecule has 0 saturated carbocycles. The van der Waals surface area contributed by atoms with E-state index in [9.17, 15) is 9.59 Å². The van der Waals surface area contributed by atoms with Crippen molar-refractivity contribution in [1.29, 1.82) is 0 Å². The highest BCUT2D eigenvalue weighted by Gasteiger charge is 2.23. The highest BCUT2D eigenvalue weighted by atomic mass is 16.4. The van der Waals surface area contributed by atoms with Crippen LogP contribution in [0.3, 0.4) is 0 Å². The second-order valence-corrected chi connectivity index (χ2v) is 4.94. The van der Waals surface area contributed by atoms with Crippen LogP contribution in [0.25, 0.3) is 11.0 Å². The number of nitrogens with zero attached hydrogens (tertiary/aromatic N) is 1. The molecule has 1 aromatic heterocycles. The van der Waals surface area contributed by atoms with Crippen molar-refractivity contribution in [3.63, 3.8) is 0 Å². The minimum absolute atomic E-state index is 0.139. The maximum Gasteiger partial charge on any atom is 0.349 e. The van der Waals surface area contributed by atoms with Gasteiger partial charge in [0.2, 0.25) is 0 Å². The normalized spacial score (nSPS) is 15.1. The van der Waals surface area contributed by atoms with Crippen molar-refractivity contribution in [1.82, 2.24) is 4.90 Å². The van der Waals surface area contributed by atoms with Crippen molar-refractivity contribution in [2.24, 2.45) is 0 Å². The van der Waals surface area contributed by atoms with Crippen molar-refractivity contribution in [2.45, 2.75) is 19.8 Å². The van der Waals surface area contributed by atoms with Gasteiger partial charge in [-0.1, -0.05) is 18.2 Å². The molecule has 0 radical (unpaired) electrons. The van der Waals surface area contributed by atoms with Crippen molar-refractivity contribution in [3.8, 4) is 0 Å². The molecule has 4 heteroatoms. The third kappa shape index (κ3) is 2.03. The number of carbonyl (C=O) groups excluding carboxylic acids is 1. The molecule has 19 heavy (non-hydrogen) atoms. The van der Waals surface area contributed by atoms with Crippen LogP contribution in [-0.4, -0.2) is 23.9 Å². The van der Waals surface area contributed by atoms with E-state index in [1.54, 1.807) is 11.0 Å². The Hall–Kier alpha value is -2.10. The number of rotatable bonds is 1. The quantitative estimate of drug-likeness (QED) is 0.737. The zero-order valence-corrected chi connectivity index (χ0v) is 10.8. The van der Waals surface area contributed by atoms with E-state index >= 15 is 0 Å². The number of hydrogen-bond donors (Lipinski definition) is 0. The van der Waals surface area contributed by atoms with Gasteiger partial charge >= 0.3 is 5.63 Å². The Bertz CT molecular complexity index is 696. The van der Waals surface area contributed by atoms with E-state index < -0.39 is 5.63 Å². The van der Waals surface area contributed by atoms with Crippen LogP contribution in [-0.2, 0) is 0 Å². The van der Waals surface area contributed by atoms with Crippen LogP contribution in [0.15, 0.2) is 33.5 Å². The maximum atomic E-state index is 12.3. The average Bonchev–Trinajstić information content (AvgIpc) is 2.92. The molecule has 2 aromatic rings. The molecule has 3 rings (SSSR count). The molecule has 1 aliphatic heterocycles. The summed E-state index contributed by atoms with van der Waals surface area (Å²) >= 11 is 0. The lowest BCUT2D eigenvalue weighted by Gasteiger charge is -2.14. The van der Waals surface area contributed by atoms with Crippen molar-refractivity contribution >= 4 is 16.9 Å². The molecule has 1 fully saturated rings. The molecular weight excluding hydrogens is 242 g/mol. The monoisotopic (exact) mass is 257 g/mol. The van der Waals surface area contributed by atoms with Gasteiger partial charge in [0.25, 0.3) is 5.91 Å². The van der Waals surface area contributed by atoms with Crippen LogP contribution >= 0.6 is 0 Å². The maximum absolute atomic E-state index is 12.3. The first-order valence-electron chi connectivity index (χ1n) is 6.49. The highest BCUT2D eigenvalue weighted by Crippen LogP contribution is 2.19. The van der Waals surface area contributed by atoms with Crippen LogP contribution in [0.4, 0.5) is 0 Å². The molecule has 1 aliphatic rings. The minimum Gasteiger partial charge on any atom is -0.422 e. The highest BCUT2D eigenvalue weighted by molar-refractivity contribution is 5.97. The third-order valence-electron chi connectivity index (χ3n) is 3.58. The predicted octanol–water partition coefficient (Wildman–Crippen LogP) is 2.34. The zero-order valence-electron chi connectivity index (χ0n) is 10.8. The smallest absolute Gasteiger partial charge is 0.349 e. The van der Waals surface area contributed by atoms with E-state index in [1.807, 2.05) is 25.1 Å². The summed E-state index contributed by atoms with van der Waals surface area (Å²) in [5, 5.41) is 0.794. The van der Waals surface area contributed by atoms with E-state index in [-0.39, 0.29) is 11.5 Å². The number of fused-ring (bicyclic) bond motifs is 1. The van der Waals surface area contributed by atoms with Gasteiger partial charge in [0, 0.05) is 18.5 Å². The first-order valence-corrected chi connectivity index (χ1v) is 6.49. The fourth-order valence-corrected chi connectivity index (χ4v) is 2.53. The largest absolute Gasteiger partial charge is 0.422 e. The van der Waals surface area contributed by atoms with Crippen molar-refractivity contribution < 1.29 is 9.21 Å². The Morgan fingerprint density at radius 3 is 2.74 bits per heavy atom. The summed E-state index contributed by atoms with van der Waals surface area (Å²) in [5.74, 6) is -0.213. The third-order valence-corrected chi connectivity index (χ3v) is 3.58. The molecule has 0 unspecified atom stereocenters. The van der Waals surface area contributed by atoms with Gasteiger partial charge in [-0.15, -0.1) is 0 Å². The van der Waals surface area contributed by atoms with Gasteiger partial charge in [-0.3, -0.25) is 4.79 Å². The topological polar surface area (TPSA) is 50.5 Å². The van der Waals surface area contributed by atoms with Gasteiger partial charge in [-0.2, -0.15) is 0 Å². The summed E-state index contributed by atoms with van der Waals surface area (Å²) in [4.78, 5) is 25.9. The molecule has 4 nitrogen and oxygen atoms in total. The number of carbonyl (C=O) groups is 1. The molecule has 2 heterocycles. The minimum atomic E-state index is -0.543. The number of hydrogen-bond acceptors (Lipinski definition) is 3. The summed E-state index contributed by atoms with van der Waals surface area (Å²) in [7, 11) is 0. The molecule has 1 saturated heterocycles. The second kappa shape index (κ2) is 4.53. The van der Waals surface area contributed by atoms with Crippen LogP contribution in [0, 0.1) is 6.92 Å². The standard InChI is InChI=1S/C15H15NO3/c1-10-5-4-6-11-9-12(15(18)19-13(10)11)14(17)16-7-2-3-8-16/h4-6,9H,2-3,7-8H2,1H3. The molecular formula is C15H15NO3. The van der Waals surface area contributed by atoms with Gasteiger partial charge in [-0.25, -0.2) is 4.79 Å². The fraction of sp³-hybridized carbons (Fsp3) is 0.333. The first-order chi connectivity index (χ1) is 9.16. The molecule has 98 valence electrons. The number of aryl methyl sites for hydroxylation is 1. The summed E-state index contributed by atoms with van der Waals surface area (Å²) in [5.41, 5.74) is 1.05. The van der Waals surface area contributed by atoms with E-state index in [1.165, 1.54) is 0 Å². The predicted molar refractivity (Wildman–Crippen MR) is 72.4 cm³/mol. The van der Waals surface area contributed by atoms with Crippen molar-refractivity contribution in [3.05, 3.63) is 45.8 Å². The Labute approximate surface area is 110 Å². The molecule has 0 N–H and O–H groups in total. The number of likely N-dealkylation sites (tertiary alicyclic amines) is 1. The average molecular weight is 257 g/mol. The Morgan fingerprint density at radius 2 is 2.00 bits per heavy atom. The number of amides is 1. The molecule has 0 atom stereocenters. The lowest BCUT2D eigenvalue weighted by molar-refractivity contribution is 0.0789. The van der Waals surface area contributed by atoms with Gasteiger partial charge in [0.05, 0.1) is 0 Å². The van der Waals surface area contributed by atoms with Gasteiger partial charge in [0.15, 0.2) is 0 Å². The molecule has 0 bridgehead atoms. The number of para-hydroxylation sites is 1. The molecule has 1 aromatic carbocycles. The Kier molecular flexibility index (Phi) is 2.85. The molecule has 0 spiro atoms. The van der Waals surface area contributed by atoms with Crippen LogP contribution < -0.4 is 5.63 Å². The molecule has 1 amide bonds. The van der Waals surface area contributed by atoms with Crippen LogP contribution in [0.2, 0.25) is 0 Å². The van der Waals surface area contributed by atoms with Gasteiger partial charge in [0.1, 0.15) is 11.1 Å². The number of benzene rings is 1. The van der Waals surface area contributed by atoms with Gasteiger partial charge < -0.3 is 9.32 Å². The summed E-state index contributed by atoms with van der Waals surface area (Å²) in [6, 6.07) is 7.27. The first kappa shape index (κ1) is 12.0. The summed E-state index contributed by atoms with van der Waals surface area (Å²) in [6.45, 7) is 3.33. The van der Waals surface area contributed by atoms with E-state index in [0.717, 1.165) is 36.9 Å². The van der Waals surface area contributed by atoms with E-state index in [2.05, 4.69) is 0 Å². The molecule has 0 aliphatic carbocycles. The van der Waals surface area contributed by atoms with E-state index in [0.29, 0.717) is 5.58 Å². The van der Waals surface area contributed by atoms with Gasteiger partial charge in [-0.05, 0) is 31.4 Å². The lowest BCUT2D eigenvalue weighted by Crippen LogP contribution is -2.31. The summed E-state index contributed by atoms with van der Waals surface area (Å²) in [6.07, 6.45) is 2.01. The van der Waals surface area contributed by atoms with Crippen molar-refractivity contribution in [2.75, 3.05) is 13.1 Å². The lowest BCUT2D eigenvalue weighted by atomic mass is 10.1. The fourth-order valence-electron chi connectivity index (χ4n) is 2.53. The zero-order chi connectivity index (χ0) is 13.4. The van der Waals surface area contributed by atoms with E-state index in [4.69, 9.17) is 4.42 Å². The Balaban J connectivity index is 2.11. The van der Waals surface area contributed by atoms with Crippen LogP contribution in [0.1, 0.15) is 28.8 Å². The second-order valence-electron chi connectivity index (χ2n) is 4.94. The Morgan fingerprint density at radius 1 is 1.26 bits per heavy atom. The van der Waals surface area contributed by atoms with Crippen LogP contribution in [0.5, 0.6) is 0 Å².